The van der Waals surface area contributed by atoms with Crippen molar-refractivity contribution in [1.29, 1.82) is 0 Å². The number of benzene rings is 1. The quantitative estimate of drug-likeness (QED) is 0.829. The maximum Gasteiger partial charge on any atom is 0.0594 e. The third-order valence-electron chi connectivity index (χ3n) is 3.64. The van der Waals surface area contributed by atoms with E-state index in [0.717, 1.165) is 19.6 Å². The maximum atomic E-state index is 5.77. The van der Waals surface area contributed by atoms with E-state index in [1.54, 1.807) is 0 Å². The van der Waals surface area contributed by atoms with Crippen molar-refractivity contribution in [1.82, 2.24) is 5.32 Å². The lowest BCUT2D eigenvalue weighted by Crippen LogP contribution is -2.26. The van der Waals surface area contributed by atoms with E-state index in [-0.39, 0.29) is 0 Å². The number of hydrogen-bond donors (Lipinski definition) is 1. The summed E-state index contributed by atoms with van der Waals surface area (Å²) in [5.74, 6) is 0. The molecule has 1 N–H and O–H groups in total. The fourth-order valence-electron chi connectivity index (χ4n) is 2.55. The Morgan fingerprint density at radius 2 is 2.11 bits per heavy atom. The van der Waals surface area contributed by atoms with Crippen LogP contribution in [0.25, 0.3) is 0 Å². The van der Waals surface area contributed by atoms with E-state index in [1.165, 1.54) is 30.4 Å². The smallest absolute Gasteiger partial charge is 0.0594 e. The second kappa shape index (κ2) is 6.91. The summed E-state index contributed by atoms with van der Waals surface area (Å²) < 4.78 is 5.77. The van der Waals surface area contributed by atoms with Crippen molar-refractivity contribution in [2.24, 2.45) is 0 Å². The summed E-state index contributed by atoms with van der Waals surface area (Å²) in [6, 6.07) is 9.33. The van der Waals surface area contributed by atoms with E-state index >= 15 is 0 Å². The summed E-state index contributed by atoms with van der Waals surface area (Å²) in [5, 5.41) is 3.65. The molecule has 0 aliphatic carbocycles. The molecule has 2 nitrogen and oxygen atoms in total. The lowest BCUT2D eigenvalue weighted by molar-refractivity contribution is 0.0946. The van der Waals surface area contributed by atoms with Gasteiger partial charge >= 0.3 is 0 Å². The Kier molecular flexibility index (Phi) is 5.21. The summed E-state index contributed by atoms with van der Waals surface area (Å²) in [6.07, 6.45) is 5.16. The predicted octanol–water partition coefficient (Wildman–Crippen LogP) is 3.60. The van der Waals surface area contributed by atoms with Gasteiger partial charge in [0.2, 0.25) is 0 Å². The van der Waals surface area contributed by atoms with Crippen LogP contribution in [0.1, 0.15) is 49.8 Å². The molecule has 1 aliphatic rings. The Balaban J connectivity index is 2.00. The zero-order valence-corrected chi connectivity index (χ0v) is 11.6. The fourth-order valence-corrected chi connectivity index (χ4v) is 2.55. The van der Waals surface area contributed by atoms with Gasteiger partial charge in [0, 0.05) is 12.6 Å². The SMILES string of the molecule is CCCNC(CC1CCCO1)c1ccc(C)cc1. The minimum Gasteiger partial charge on any atom is -0.378 e. The molecule has 2 heteroatoms. The second-order valence-corrected chi connectivity index (χ2v) is 5.29. The van der Waals surface area contributed by atoms with Gasteiger partial charge in [-0.1, -0.05) is 36.8 Å². The molecule has 18 heavy (non-hydrogen) atoms. The van der Waals surface area contributed by atoms with Crippen LogP contribution in [0.2, 0.25) is 0 Å². The van der Waals surface area contributed by atoms with Gasteiger partial charge in [-0.15, -0.1) is 0 Å². The molecule has 0 bridgehead atoms. The average Bonchev–Trinajstić information content (AvgIpc) is 2.88. The van der Waals surface area contributed by atoms with Crippen LogP contribution in [0.4, 0.5) is 0 Å². The van der Waals surface area contributed by atoms with Crippen molar-refractivity contribution in [2.75, 3.05) is 13.2 Å². The summed E-state index contributed by atoms with van der Waals surface area (Å²) >= 11 is 0. The van der Waals surface area contributed by atoms with Crippen LogP contribution in [0.15, 0.2) is 24.3 Å². The van der Waals surface area contributed by atoms with Gasteiger partial charge in [-0.3, -0.25) is 0 Å². The van der Waals surface area contributed by atoms with Crippen LogP contribution in [0, 0.1) is 6.92 Å². The largest absolute Gasteiger partial charge is 0.378 e. The third-order valence-corrected chi connectivity index (χ3v) is 3.64. The lowest BCUT2D eigenvalue weighted by Gasteiger charge is -2.22. The Morgan fingerprint density at radius 3 is 2.72 bits per heavy atom. The van der Waals surface area contributed by atoms with E-state index in [2.05, 4.69) is 43.4 Å². The zero-order valence-electron chi connectivity index (χ0n) is 11.6. The molecule has 1 aliphatic heterocycles. The molecule has 1 aromatic carbocycles. The first-order valence-electron chi connectivity index (χ1n) is 7.21. The molecule has 1 fully saturated rings. The highest BCUT2D eigenvalue weighted by Gasteiger charge is 2.21. The van der Waals surface area contributed by atoms with Gasteiger partial charge in [0.1, 0.15) is 0 Å². The van der Waals surface area contributed by atoms with Gasteiger partial charge in [0.15, 0.2) is 0 Å². The van der Waals surface area contributed by atoms with E-state index in [1.807, 2.05) is 0 Å². The molecule has 2 unspecified atom stereocenters. The van der Waals surface area contributed by atoms with Crippen molar-refractivity contribution in [2.45, 2.75) is 51.7 Å². The number of aryl methyl sites for hydroxylation is 1. The summed E-state index contributed by atoms with van der Waals surface area (Å²) in [6.45, 7) is 6.37. The van der Waals surface area contributed by atoms with Crippen LogP contribution in [-0.4, -0.2) is 19.3 Å². The van der Waals surface area contributed by atoms with E-state index in [9.17, 15) is 0 Å². The Hall–Kier alpha value is -0.860. The van der Waals surface area contributed by atoms with Crippen LogP contribution in [-0.2, 0) is 4.74 Å². The molecule has 2 rings (SSSR count). The van der Waals surface area contributed by atoms with Gasteiger partial charge in [-0.25, -0.2) is 0 Å². The van der Waals surface area contributed by atoms with Crippen LogP contribution in [0.3, 0.4) is 0 Å². The first-order chi connectivity index (χ1) is 8.79. The van der Waals surface area contributed by atoms with Crippen molar-refractivity contribution in [3.05, 3.63) is 35.4 Å². The first kappa shape index (κ1) is 13.6. The molecular weight excluding hydrogens is 222 g/mol. The van der Waals surface area contributed by atoms with Crippen LogP contribution in [0.5, 0.6) is 0 Å². The molecular formula is C16H25NO. The number of rotatable bonds is 6. The Labute approximate surface area is 111 Å². The number of ether oxygens (including phenoxy) is 1. The minimum absolute atomic E-state index is 0.439. The Bertz CT molecular complexity index is 341. The van der Waals surface area contributed by atoms with E-state index < -0.39 is 0 Å². The molecule has 2 atom stereocenters. The van der Waals surface area contributed by atoms with Crippen LogP contribution >= 0.6 is 0 Å². The first-order valence-corrected chi connectivity index (χ1v) is 7.21. The van der Waals surface area contributed by atoms with Gasteiger partial charge in [0.05, 0.1) is 6.10 Å². The summed E-state index contributed by atoms with van der Waals surface area (Å²) in [5.41, 5.74) is 2.72. The monoisotopic (exact) mass is 247 g/mol. The van der Waals surface area contributed by atoms with Crippen molar-refractivity contribution < 1.29 is 4.74 Å². The van der Waals surface area contributed by atoms with E-state index in [4.69, 9.17) is 4.74 Å². The highest BCUT2D eigenvalue weighted by Crippen LogP contribution is 2.25. The van der Waals surface area contributed by atoms with Gasteiger partial charge in [-0.05, 0) is 44.7 Å². The molecule has 1 aromatic rings. The van der Waals surface area contributed by atoms with Gasteiger partial charge in [-0.2, -0.15) is 0 Å². The molecule has 100 valence electrons. The number of hydrogen-bond acceptors (Lipinski definition) is 2. The zero-order chi connectivity index (χ0) is 12.8. The van der Waals surface area contributed by atoms with Gasteiger partial charge in [0.25, 0.3) is 0 Å². The molecule has 0 aromatic heterocycles. The van der Waals surface area contributed by atoms with Crippen molar-refractivity contribution in [3.63, 3.8) is 0 Å². The minimum atomic E-state index is 0.439. The third kappa shape index (κ3) is 3.82. The molecule has 0 amide bonds. The topological polar surface area (TPSA) is 21.3 Å². The normalized spacial score (nSPS) is 21.1. The highest BCUT2D eigenvalue weighted by molar-refractivity contribution is 5.24. The summed E-state index contributed by atoms with van der Waals surface area (Å²) in [7, 11) is 0. The fraction of sp³-hybridized carbons (Fsp3) is 0.625. The molecule has 0 spiro atoms. The molecule has 0 saturated carbocycles. The van der Waals surface area contributed by atoms with Crippen molar-refractivity contribution >= 4 is 0 Å². The standard InChI is InChI=1S/C16H25NO/c1-3-10-17-16(12-15-5-4-11-18-15)14-8-6-13(2)7-9-14/h6-9,15-17H,3-5,10-12H2,1-2H3. The molecule has 1 saturated heterocycles. The average molecular weight is 247 g/mol. The molecule has 1 heterocycles. The second-order valence-electron chi connectivity index (χ2n) is 5.29. The lowest BCUT2D eigenvalue weighted by atomic mass is 9.98. The Morgan fingerprint density at radius 1 is 1.33 bits per heavy atom. The summed E-state index contributed by atoms with van der Waals surface area (Å²) in [4.78, 5) is 0. The maximum absolute atomic E-state index is 5.77. The predicted molar refractivity (Wildman–Crippen MR) is 75.8 cm³/mol. The van der Waals surface area contributed by atoms with E-state index in [0.29, 0.717) is 12.1 Å². The number of nitrogens with one attached hydrogen (secondary N) is 1. The van der Waals surface area contributed by atoms with Crippen LogP contribution < -0.4 is 5.32 Å². The highest BCUT2D eigenvalue weighted by atomic mass is 16.5. The molecule has 0 radical (unpaired) electrons. The van der Waals surface area contributed by atoms with Crippen molar-refractivity contribution in [3.8, 4) is 0 Å². The van der Waals surface area contributed by atoms with Gasteiger partial charge < -0.3 is 10.1 Å².